The standard InChI is InChI=1S/C31H27N5O4S/c1-17-28(41-29(32-17)19-8-6-5-7-9-19)26(37)24-25(18-10-12-20(13-11-18)35(2)3)36(30(39)27(24)38)31-33-22-15-14-21(40-4)16-23(22)34-31/h5-16,25,38H,1-4H3,(H,33,34). The fourth-order valence-electron chi connectivity index (χ4n) is 4.98. The van der Waals surface area contributed by atoms with Crippen molar-refractivity contribution in [2.24, 2.45) is 0 Å². The second kappa shape index (κ2) is 10.2. The van der Waals surface area contributed by atoms with Gasteiger partial charge in [0.2, 0.25) is 11.7 Å². The minimum atomic E-state index is -0.921. The number of Topliss-reactive ketones (excluding diaryl/α,β-unsaturated/α-hetero) is 1. The van der Waals surface area contributed by atoms with E-state index in [0.717, 1.165) is 11.3 Å². The van der Waals surface area contributed by atoms with E-state index in [1.54, 1.807) is 32.2 Å². The summed E-state index contributed by atoms with van der Waals surface area (Å²) in [6.45, 7) is 1.76. The number of aromatic nitrogens is 3. The van der Waals surface area contributed by atoms with Crippen LogP contribution in [0.2, 0.25) is 0 Å². The molecule has 0 saturated heterocycles. The molecule has 2 aromatic heterocycles. The van der Waals surface area contributed by atoms with Crippen LogP contribution in [0, 0.1) is 6.92 Å². The first-order valence-corrected chi connectivity index (χ1v) is 13.7. The first-order valence-electron chi connectivity index (χ1n) is 12.9. The molecule has 0 saturated carbocycles. The van der Waals surface area contributed by atoms with Crippen LogP contribution >= 0.6 is 11.3 Å². The summed E-state index contributed by atoms with van der Waals surface area (Å²) >= 11 is 1.24. The summed E-state index contributed by atoms with van der Waals surface area (Å²) in [5.41, 5.74) is 4.27. The molecule has 9 nitrogen and oxygen atoms in total. The molecule has 41 heavy (non-hydrogen) atoms. The number of ether oxygens (including phenoxy) is 1. The number of aromatic amines is 1. The number of H-pyrrole nitrogens is 1. The Morgan fingerprint density at radius 2 is 1.78 bits per heavy atom. The number of aryl methyl sites for hydroxylation is 1. The van der Waals surface area contributed by atoms with Gasteiger partial charge in [-0.25, -0.2) is 9.97 Å². The van der Waals surface area contributed by atoms with Crippen molar-refractivity contribution in [1.29, 1.82) is 0 Å². The minimum Gasteiger partial charge on any atom is -0.503 e. The first kappa shape index (κ1) is 26.3. The van der Waals surface area contributed by atoms with Gasteiger partial charge in [0.15, 0.2) is 5.76 Å². The number of methoxy groups -OCH3 is 1. The SMILES string of the molecule is COc1ccc2nc(N3C(=O)C(O)=C(C(=O)c4sc(-c5ccccc5)nc4C)C3c3ccc(N(C)C)cc3)[nH]c2c1. The molecule has 0 aliphatic carbocycles. The fourth-order valence-corrected chi connectivity index (χ4v) is 6.00. The van der Waals surface area contributed by atoms with E-state index >= 15 is 0 Å². The number of ketones is 1. The molecular weight excluding hydrogens is 538 g/mol. The third kappa shape index (κ3) is 4.52. The van der Waals surface area contributed by atoms with E-state index in [4.69, 9.17) is 4.74 Å². The third-order valence-electron chi connectivity index (χ3n) is 7.11. The lowest BCUT2D eigenvalue weighted by atomic mass is 9.95. The fraction of sp³-hybridized carbons (Fsp3) is 0.161. The van der Waals surface area contributed by atoms with Crippen molar-refractivity contribution in [3.8, 4) is 16.3 Å². The molecule has 0 radical (unpaired) electrons. The average Bonchev–Trinajstić information content (AvgIpc) is 3.66. The number of carbonyl (C=O) groups excluding carboxylic acids is 2. The summed E-state index contributed by atoms with van der Waals surface area (Å²) in [7, 11) is 5.43. The number of amides is 1. The normalized spacial score (nSPS) is 15.2. The molecule has 10 heteroatoms. The van der Waals surface area contributed by atoms with Gasteiger partial charge in [-0.1, -0.05) is 42.5 Å². The van der Waals surface area contributed by atoms with Crippen molar-refractivity contribution >= 4 is 45.7 Å². The molecule has 0 bridgehead atoms. The van der Waals surface area contributed by atoms with Crippen LogP contribution in [0.4, 0.5) is 11.6 Å². The van der Waals surface area contributed by atoms with Crippen molar-refractivity contribution in [1.82, 2.24) is 15.0 Å². The van der Waals surface area contributed by atoms with Crippen molar-refractivity contribution in [2.75, 3.05) is 31.0 Å². The Morgan fingerprint density at radius 1 is 1.05 bits per heavy atom. The van der Waals surface area contributed by atoms with Gasteiger partial charge in [-0.2, -0.15) is 0 Å². The van der Waals surface area contributed by atoms with Gasteiger partial charge in [0.25, 0.3) is 5.91 Å². The minimum absolute atomic E-state index is 0.0167. The van der Waals surface area contributed by atoms with Crippen molar-refractivity contribution in [3.63, 3.8) is 0 Å². The molecule has 3 heterocycles. The van der Waals surface area contributed by atoms with Gasteiger partial charge in [0.05, 0.1) is 40.3 Å². The van der Waals surface area contributed by atoms with Crippen LogP contribution in [-0.4, -0.2) is 53.0 Å². The highest BCUT2D eigenvalue weighted by molar-refractivity contribution is 7.17. The summed E-state index contributed by atoms with van der Waals surface area (Å²) in [5, 5.41) is 11.9. The van der Waals surface area contributed by atoms with Crippen LogP contribution in [0.1, 0.15) is 27.0 Å². The smallest absolute Gasteiger partial charge is 0.296 e. The van der Waals surface area contributed by atoms with Gasteiger partial charge in [-0.15, -0.1) is 11.3 Å². The number of fused-ring (bicyclic) bond motifs is 1. The number of aliphatic hydroxyl groups excluding tert-OH is 1. The molecule has 1 amide bonds. The summed E-state index contributed by atoms with van der Waals surface area (Å²) in [6, 6.07) is 21.5. The molecule has 1 aliphatic rings. The number of thiazole rings is 1. The molecule has 1 unspecified atom stereocenters. The largest absolute Gasteiger partial charge is 0.503 e. The Kier molecular flexibility index (Phi) is 6.55. The van der Waals surface area contributed by atoms with Crippen LogP contribution in [-0.2, 0) is 4.79 Å². The predicted octanol–water partition coefficient (Wildman–Crippen LogP) is 5.85. The maximum Gasteiger partial charge on any atom is 0.296 e. The molecule has 206 valence electrons. The lowest BCUT2D eigenvalue weighted by Gasteiger charge is -2.25. The molecule has 1 aliphatic heterocycles. The van der Waals surface area contributed by atoms with Crippen LogP contribution in [0.15, 0.2) is 84.1 Å². The zero-order valence-corrected chi connectivity index (χ0v) is 23.7. The second-order valence-corrected chi connectivity index (χ2v) is 10.9. The Morgan fingerprint density at radius 3 is 2.46 bits per heavy atom. The van der Waals surface area contributed by atoms with Crippen molar-refractivity contribution in [2.45, 2.75) is 13.0 Å². The Balaban J connectivity index is 1.48. The summed E-state index contributed by atoms with van der Waals surface area (Å²) in [6.07, 6.45) is 0. The molecule has 6 rings (SSSR count). The molecule has 1 atom stereocenters. The lowest BCUT2D eigenvalue weighted by molar-refractivity contribution is -0.117. The van der Waals surface area contributed by atoms with Gasteiger partial charge in [0.1, 0.15) is 10.8 Å². The van der Waals surface area contributed by atoms with E-state index in [2.05, 4.69) is 15.0 Å². The van der Waals surface area contributed by atoms with Gasteiger partial charge < -0.3 is 19.7 Å². The molecular formula is C31H27N5O4S. The van der Waals surface area contributed by atoms with Crippen LogP contribution in [0.25, 0.3) is 21.6 Å². The van der Waals surface area contributed by atoms with E-state index in [1.165, 1.54) is 16.2 Å². The Labute approximate surface area is 240 Å². The van der Waals surface area contributed by atoms with Gasteiger partial charge in [-0.05, 0) is 36.8 Å². The van der Waals surface area contributed by atoms with Crippen molar-refractivity contribution < 1.29 is 19.4 Å². The number of imidazole rings is 1. The van der Waals surface area contributed by atoms with E-state index in [-0.39, 0.29) is 11.5 Å². The van der Waals surface area contributed by atoms with E-state index in [1.807, 2.05) is 73.6 Å². The maximum absolute atomic E-state index is 14.2. The molecule has 5 aromatic rings. The van der Waals surface area contributed by atoms with Crippen molar-refractivity contribution in [3.05, 3.63) is 100 Å². The number of aliphatic hydroxyl groups is 1. The molecule has 0 spiro atoms. The Bertz CT molecular complexity index is 1820. The number of hydrogen-bond acceptors (Lipinski definition) is 8. The zero-order chi connectivity index (χ0) is 28.8. The number of nitrogens with zero attached hydrogens (tertiary/aromatic N) is 4. The van der Waals surface area contributed by atoms with Crippen LogP contribution in [0.3, 0.4) is 0 Å². The molecule has 2 N–H and O–H groups in total. The quantitative estimate of drug-likeness (QED) is 0.238. The highest BCUT2D eigenvalue weighted by Crippen LogP contribution is 2.43. The number of carbonyl (C=O) groups is 2. The zero-order valence-electron chi connectivity index (χ0n) is 22.9. The van der Waals surface area contributed by atoms with Gasteiger partial charge in [-0.3, -0.25) is 14.5 Å². The number of anilines is 2. The monoisotopic (exact) mass is 565 g/mol. The van der Waals surface area contributed by atoms with Crippen LogP contribution in [0.5, 0.6) is 5.75 Å². The number of rotatable bonds is 7. The summed E-state index contributed by atoms with van der Waals surface area (Å²) < 4.78 is 5.33. The Hall–Kier alpha value is -4.96. The highest BCUT2D eigenvalue weighted by atomic mass is 32.1. The number of benzene rings is 3. The number of hydrogen-bond donors (Lipinski definition) is 2. The van der Waals surface area contributed by atoms with Gasteiger partial charge >= 0.3 is 0 Å². The summed E-state index contributed by atoms with van der Waals surface area (Å²) in [4.78, 5) is 44.0. The van der Waals surface area contributed by atoms with E-state index in [0.29, 0.717) is 37.9 Å². The second-order valence-electron chi connectivity index (χ2n) is 9.90. The lowest BCUT2D eigenvalue weighted by Crippen LogP contribution is -2.32. The highest BCUT2D eigenvalue weighted by Gasteiger charge is 2.46. The molecule has 3 aromatic carbocycles. The maximum atomic E-state index is 14.2. The van der Waals surface area contributed by atoms with E-state index < -0.39 is 23.5 Å². The van der Waals surface area contributed by atoms with Gasteiger partial charge in [0, 0.05) is 31.4 Å². The molecule has 0 fully saturated rings. The first-order chi connectivity index (χ1) is 19.8. The predicted molar refractivity (Wildman–Crippen MR) is 160 cm³/mol. The topological polar surface area (TPSA) is 112 Å². The third-order valence-corrected chi connectivity index (χ3v) is 8.31. The van der Waals surface area contributed by atoms with E-state index in [9.17, 15) is 14.7 Å². The van der Waals surface area contributed by atoms with Crippen LogP contribution < -0.4 is 14.5 Å². The number of nitrogens with one attached hydrogen (secondary N) is 1. The summed E-state index contributed by atoms with van der Waals surface area (Å²) in [5.74, 6) is -0.936. The average molecular weight is 566 g/mol.